The van der Waals surface area contributed by atoms with E-state index in [0.29, 0.717) is 19.9 Å². The van der Waals surface area contributed by atoms with Gasteiger partial charge in [0.25, 0.3) is 5.91 Å². The maximum absolute atomic E-state index is 12.7. The molecule has 0 spiro atoms. The largest absolute Gasteiger partial charge is 0.325 e. The minimum absolute atomic E-state index is 0.133. The number of benzene rings is 2. The molecular formula is C21H17ClN2O2S2. The second-order valence-electron chi connectivity index (χ2n) is 6.12. The van der Waals surface area contributed by atoms with Crippen molar-refractivity contribution in [3.63, 3.8) is 0 Å². The molecule has 28 heavy (non-hydrogen) atoms. The number of carbonyl (C=O) groups is 2. The van der Waals surface area contributed by atoms with Crippen LogP contribution in [-0.4, -0.2) is 27.6 Å². The SMILES string of the molecule is CC(=Cc1ccccc1)C=C1SC(=S)N(CC(=O)Nc2ccc(Cl)cc2)C1=O. The lowest BCUT2D eigenvalue weighted by Crippen LogP contribution is -2.36. The minimum atomic E-state index is -0.323. The number of anilines is 1. The van der Waals surface area contributed by atoms with Crippen molar-refractivity contribution in [3.8, 4) is 0 Å². The molecule has 1 heterocycles. The molecule has 1 saturated heterocycles. The molecule has 1 aliphatic heterocycles. The first kappa shape index (κ1) is 20.3. The summed E-state index contributed by atoms with van der Waals surface area (Å²) in [6.45, 7) is 1.79. The Hall–Kier alpha value is -2.41. The van der Waals surface area contributed by atoms with E-state index < -0.39 is 0 Å². The molecule has 1 aliphatic rings. The fraction of sp³-hybridized carbons (Fsp3) is 0.0952. The first-order valence-electron chi connectivity index (χ1n) is 8.46. The van der Waals surface area contributed by atoms with Crippen molar-refractivity contribution in [3.05, 3.63) is 81.7 Å². The summed E-state index contributed by atoms with van der Waals surface area (Å²) >= 11 is 12.3. The standard InChI is InChI=1S/C21H17ClN2O2S2/c1-14(11-15-5-3-2-4-6-15)12-18-20(26)24(21(27)28-18)13-19(25)23-17-9-7-16(22)8-10-17/h2-12H,13H2,1H3,(H,23,25). The Morgan fingerprint density at radius 2 is 1.86 bits per heavy atom. The number of thioether (sulfide) groups is 1. The fourth-order valence-corrected chi connectivity index (χ4v) is 4.01. The van der Waals surface area contributed by atoms with Gasteiger partial charge < -0.3 is 5.32 Å². The zero-order valence-electron chi connectivity index (χ0n) is 15.0. The topological polar surface area (TPSA) is 49.4 Å². The van der Waals surface area contributed by atoms with E-state index in [2.05, 4.69) is 5.32 Å². The molecule has 1 fully saturated rings. The number of allylic oxidation sites excluding steroid dienone is 2. The second kappa shape index (κ2) is 9.19. The molecule has 2 aromatic rings. The van der Waals surface area contributed by atoms with Crippen LogP contribution in [0.4, 0.5) is 5.69 Å². The Kier molecular flexibility index (Phi) is 6.67. The van der Waals surface area contributed by atoms with Gasteiger partial charge in [-0.05, 0) is 48.4 Å². The van der Waals surface area contributed by atoms with Gasteiger partial charge in [-0.2, -0.15) is 0 Å². The third kappa shape index (κ3) is 5.32. The molecule has 1 N–H and O–H groups in total. The van der Waals surface area contributed by atoms with Crippen LogP contribution in [0.15, 0.2) is 71.2 Å². The van der Waals surface area contributed by atoms with Crippen molar-refractivity contribution in [1.29, 1.82) is 0 Å². The van der Waals surface area contributed by atoms with E-state index in [1.807, 2.05) is 43.3 Å². The van der Waals surface area contributed by atoms with Crippen molar-refractivity contribution in [2.75, 3.05) is 11.9 Å². The lowest BCUT2D eigenvalue weighted by molar-refractivity contribution is -0.126. The number of nitrogens with one attached hydrogen (secondary N) is 1. The van der Waals surface area contributed by atoms with Crippen molar-refractivity contribution in [1.82, 2.24) is 4.90 Å². The highest BCUT2D eigenvalue weighted by atomic mass is 35.5. The predicted molar refractivity (Wildman–Crippen MR) is 120 cm³/mol. The molecule has 0 atom stereocenters. The molecule has 142 valence electrons. The lowest BCUT2D eigenvalue weighted by atomic mass is 10.1. The zero-order valence-corrected chi connectivity index (χ0v) is 17.4. The zero-order chi connectivity index (χ0) is 20.1. The van der Waals surface area contributed by atoms with Crippen molar-refractivity contribution < 1.29 is 9.59 Å². The number of rotatable bonds is 5. The quantitative estimate of drug-likeness (QED) is 0.530. The summed E-state index contributed by atoms with van der Waals surface area (Å²) in [4.78, 5) is 26.8. The van der Waals surface area contributed by atoms with Gasteiger partial charge in [0.15, 0.2) is 0 Å². The summed E-state index contributed by atoms with van der Waals surface area (Å²) < 4.78 is 0.370. The Labute approximate surface area is 178 Å². The van der Waals surface area contributed by atoms with E-state index in [4.69, 9.17) is 23.8 Å². The summed E-state index contributed by atoms with van der Waals surface area (Å²) in [5.74, 6) is -0.585. The Balaban J connectivity index is 1.66. The molecule has 3 rings (SSSR count). The van der Waals surface area contributed by atoms with Crippen molar-refractivity contribution in [2.24, 2.45) is 0 Å². The second-order valence-corrected chi connectivity index (χ2v) is 8.23. The van der Waals surface area contributed by atoms with Crippen molar-refractivity contribution >= 4 is 63.5 Å². The first-order valence-corrected chi connectivity index (χ1v) is 10.1. The fourth-order valence-electron chi connectivity index (χ4n) is 2.57. The van der Waals surface area contributed by atoms with Crippen LogP contribution >= 0.6 is 35.6 Å². The van der Waals surface area contributed by atoms with Gasteiger partial charge in [0, 0.05) is 10.7 Å². The van der Waals surface area contributed by atoms with Crippen LogP contribution in [-0.2, 0) is 9.59 Å². The molecule has 0 aliphatic carbocycles. The van der Waals surface area contributed by atoms with Gasteiger partial charge in [0.05, 0.1) is 4.91 Å². The van der Waals surface area contributed by atoms with E-state index in [1.165, 1.54) is 16.7 Å². The monoisotopic (exact) mass is 428 g/mol. The van der Waals surface area contributed by atoms with Gasteiger partial charge >= 0.3 is 0 Å². The Bertz CT molecular complexity index is 970. The van der Waals surface area contributed by atoms with Crippen LogP contribution in [0.5, 0.6) is 0 Å². The van der Waals surface area contributed by atoms with Gasteiger partial charge in [-0.25, -0.2) is 0 Å². The minimum Gasteiger partial charge on any atom is -0.325 e. The van der Waals surface area contributed by atoms with Gasteiger partial charge in [0.1, 0.15) is 10.9 Å². The lowest BCUT2D eigenvalue weighted by Gasteiger charge is -2.14. The van der Waals surface area contributed by atoms with Crippen molar-refractivity contribution in [2.45, 2.75) is 6.92 Å². The highest BCUT2D eigenvalue weighted by Crippen LogP contribution is 2.32. The normalized spacial score (nSPS) is 16.0. The van der Waals surface area contributed by atoms with Gasteiger partial charge in [0.2, 0.25) is 5.91 Å². The molecule has 0 saturated carbocycles. The summed E-state index contributed by atoms with van der Waals surface area (Å²) in [6, 6.07) is 16.6. The summed E-state index contributed by atoms with van der Waals surface area (Å²) in [6.07, 6.45) is 3.78. The summed E-state index contributed by atoms with van der Waals surface area (Å²) in [5.41, 5.74) is 2.59. The smallest absolute Gasteiger partial charge is 0.266 e. The maximum atomic E-state index is 12.7. The average molecular weight is 429 g/mol. The first-order chi connectivity index (χ1) is 13.4. The van der Waals surface area contributed by atoms with Crippen LogP contribution in [0, 0.1) is 0 Å². The van der Waals surface area contributed by atoms with E-state index in [1.54, 1.807) is 30.3 Å². The van der Waals surface area contributed by atoms with E-state index >= 15 is 0 Å². The highest BCUT2D eigenvalue weighted by Gasteiger charge is 2.33. The number of thiocarbonyl (C=S) groups is 1. The maximum Gasteiger partial charge on any atom is 0.266 e. The number of hydrogen-bond donors (Lipinski definition) is 1. The molecule has 2 amide bonds. The highest BCUT2D eigenvalue weighted by molar-refractivity contribution is 8.26. The molecular weight excluding hydrogens is 412 g/mol. The molecule has 0 radical (unpaired) electrons. The molecule has 2 aromatic carbocycles. The third-order valence-corrected chi connectivity index (χ3v) is 5.49. The van der Waals surface area contributed by atoms with E-state index in [9.17, 15) is 9.59 Å². The number of hydrogen-bond acceptors (Lipinski definition) is 4. The van der Waals surface area contributed by atoms with Crippen LogP contribution in [0.2, 0.25) is 5.02 Å². The van der Waals surface area contributed by atoms with Crippen LogP contribution < -0.4 is 5.32 Å². The molecule has 4 nitrogen and oxygen atoms in total. The number of halogens is 1. The number of nitrogens with zero attached hydrogens (tertiary/aromatic N) is 1. The molecule has 0 aromatic heterocycles. The summed E-state index contributed by atoms with van der Waals surface area (Å²) in [7, 11) is 0. The number of amides is 2. The Morgan fingerprint density at radius 1 is 1.18 bits per heavy atom. The molecule has 0 bridgehead atoms. The Morgan fingerprint density at radius 3 is 2.54 bits per heavy atom. The summed E-state index contributed by atoms with van der Waals surface area (Å²) in [5, 5.41) is 3.32. The molecule has 7 heteroatoms. The van der Waals surface area contributed by atoms with Crippen LogP contribution in [0.3, 0.4) is 0 Å². The van der Waals surface area contributed by atoms with Gasteiger partial charge in [-0.1, -0.05) is 72.0 Å². The van der Waals surface area contributed by atoms with Crippen LogP contribution in [0.25, 0.3) is 6.08 Å². The van der Waals surface area contributed by atoms with Crippen LogP contribution in [0.1, 0.15) is 12.5 Å². The van der Waals surface area contributed by atoms with Gasteiger partial charge in [-0.15, -0.1) is 0 Å². The average Bonchev–Trinajstić information content (AvgIpc) is 2.91. The van der Waals surface area contributed by atoms with E-state index in [-0.39, 0.29) is 18.4 Å². The molecule has 0 unspecified atom stereocenters. The number of carbonyl (C=O) groups excluding carboxylic acids is 2. The van der Waals surface area contributed by atoms with E-state index in [0.717, 1.165) is 11.1 Å². The predicted octanol–water partition coefficient (Wildman–Crippen LogP) is 5.13. The third-order valence-electron chi connectivity index (χ3n) is 3.86. The van der Waals surface area contributed by atoms with Gasteiger partial charge in [-0.3, -0.25) is 14.5 Å².